The molecule has 0 radical (unpaired) electrons. The largest absolute Gasteiger partial charge is 0.395 e. The zero-order valence-electron chi connectivity index (χ0n) is 8.03. The van der Waals surface area contributed by atoms with Gasteiger partial charge in [0.15, 0.2) is 5.78 Å². The number of hydrogen-bond donors (Lipinski definition) is 1. The smallest absolute Gasteiger partial charge is 0.160 e. The molecule has 0 amide bonds. The van der Waals surface area contributed by atoms with Crippen LogP contribution in [-0.4, -0.2) is 23.4 Å². The van der Waals surface area contributed by atoms with Crippen LogP contribution in [0.25, 0.3) is 0 Å². The Morgan fingerprint density at radius 1 is 1.43 bits per heavy atom. The normalized spacial score (nSPS) is 14.8. The third-order valence-corrected chi connectivity index (χ3v) is 2.71. The van der Waals surface area contributed by atoms with Gasteiger partial charge >= 0.3 is 0 Å². The lowest BCUT2D eigenvalue weighted by atomic mass is 9.80. The Labute approximate surface area is 88.5 Å². The van der Waals surface area contributed by atoms with Crippen LogP contribution in [0.2, 0.25) is 0 Å². The topological polar surface area (TPSA) is 37.3 Å². The van der Waals surface area contributed by atoms with Gasteiger partial charge in [-0.2, -0.15) is 0 Å². The molecule has 0 spiro atoms. The Morgan fingerprint density at radius 3 is 2.43 bits per heavy atom. The first-order chi connectivity index (χ1) is 6.65. The lowest BCUT2D eigenvalue weighted by Gasteiger charge is -2.25. The highest BCUT2D eigenvalue weighted by Gasteiger charge is 2.33. The highest BCUT2D eigenvalue weighted by atomic mass is 35.5. The van der Waals surface area contributed by atoms with E-state index in [1.807, 2.05) is 30.3 Å². The molecular formula is C11H13ClO2. The third kappa shape index (κ3) is 1.97. The van der Waals surface area contributed by atoms with Crippen molar-refractivity contribution in [2.45, 2.75) is 12.3 Å². The van der Waals surface area contributed by atoms with Crippen LogP contribution in [-0.2, 0) is 10.2 Å². The van der Waals surface area contributed by atoms with Crippen LogP contribution in [0.4, 0.5) is 0 Å². The van der Waals surface area contributed by atoms with E-state index in [0.717, 1.165) is 5.56 Å². The van der Waals surface area contributed by atoms with Crippen molar-refractivity contribution in [1.29, 1.82) is 0 Å². The molecule has 1 N–H and O–H groups in total. The van der Waals surface area contributed by atoms with Crippen LogP contribution in [0.5, 0.6) is 0 Å². The molecule has 1 unspecified atom stereocenters. The number of halogens is 1. The molecule has 1 rings (SSSR count). The van der Waals surface area contributed by atoms with Crippen LogP contribution in [0.15, 0.2) is 30.3 Å². The second-order valence-corrected chi connectivity index (χ2v) is 3.68. The zero-order valence-corrected chi connectivity index (χ0v) is 8.79. The summed E-state index contributed by atoms with van der Waals surface area (Å²) in [5.74, 6) is -0.237. The molecule has 0 aliphatic heterocycles. The van der Waals surface area contributed by atoms with E-state index in [2.05, 4.69) is 0 Å². The molecule has 1 aromatic rings. The van der Waals surface area contributed by atoms with Gasteiger partial charge in [-0.25, -0.2) is 0 Å². The Balaban J connectivity index is 3.08. The number of aliphatic hydroxyl groups is 1. The molecule has 14 heavy (non-hydrogen) atoms. The highest BCUT2D eigenvalue weighted by molar-refractivity contribution is 6.29. The monoisotopic (exact) mass is 212 g/mol. The fraction of sp³-hybridized carbons (Fsp3) is 0.364. The summed E-state index contributed by atoms with van der Waals surface area (Å²) in [5.41, 5.74) is -0.0728. The van der Waals surface area contributed by atoms with Gasteiger partial charge in [-0.1, -0.05) is 30.3 Å². The van der Waals surface area contributed by atoms with Crippen molar-refractivity contribution in [1.82, 2.24) is 0 Å². The number of ketones is 1. The summed E-state index contributed by atoms with van der Waals surface area (Å²) in [5, 5.41) is 9.26. The summed E-state index contributed by atoms with van der Waals surface area (Å²) >= 11 is 5.50. The fourth-order valence-corrected chi connectivity index (χ4v) is 1.59. The molecule has 0 aromatic heterocycles. The summed E-state index contributed by atoms with van der Waals surface area (Å²) in [6.45, 7) is 1.48. The molecule has 0 saturated carbocycles. The van der Waals surface area contributed by atoms with Gasteiger partial charge in [-0.05, 0) is 12.5 Å². The van der Waals surface area contributed by atoms with Crippen molar-refractivity contribution >= 4 is 17.4 Å². The van der Waals surface area contributed by atoms with Crippen molar-refractivity contribution in [3.8, 4) is 0 Å². The van der Waals surface area contributed by atoms with Gasteiger partial charge in [-0.15, -0.1) is 11.6 Å². The van der Waals surface area contributed by atoms with Crippen LogP contribution in [0.3, 0.4) is 0 Å². The first kappa shape index (κ1) is 11.2. The van der Waals surface area contributed by atoms with Crippen molar-refractivity contribution in [3.05, 3.63) is 35.9 Å². The number of carbonyl (C=O) groups excluding carboxylic acids is 1. The molecule has 1 atom stereocenters. The molecule has 1 aromatic carbocycles. The number of aliphatic hydroxyl groups excluding tert-OH is 1. The lowest BCUT2D eigenvalue weighted by molar-refractivity contribution is -0.122. The predicted octanol–water partition coefficient (Wildman–Crippen LogP) is 1.74. The summed E-state index contributed by atoms with van der Waals surface area (Å²) in [6, 6.07) is 9.18. The Hall–Kier alpha value is -0.860. The molecule has 2 nitrogen and oxygen atoms in total. The van der Waals surface area contributed by atoms with Crippen LogP contribution in [0.1, 0.15) is 12.5 Å². The maximum absolute atomic E-state index is 11.6. The minimum atomic E-state index is -0.872. The summed E-state index contributed by atoms with van der Waals surface area (Å²) < 4.78 is 0. The lowest BCUT2D eigenvalue weighted by Crippen LogP contribution is -2.37. The number of Topliss-reactive ketones (excluding diaryl/α,β-unsaturated/α-hetero) is 1. The standard InChI is InChI=1S/C11H13ClO2/c1-11(8-13,10(14)7-12)9-5-3-2-4-6-9/h2-6,13H,7-8H2,1H3. The van der Waals surface area contributed by atoms with Crippen LogP contribution in [0, 0.1) is 0 Å². The molecule has 0 fully saturated rings. The quantitative estimate of drug-likeness (QED) is 0.773. The maximum Gasteiger partial charge on any atom is 0.160 e. The van der Waals surface area contributed by atoms with Gasteiger partial charge in [0.2, 0.25) is 0 Å². The number of alkyl halides is 1. The van der Waals surface area contributed by atoms with Crippen molar-refractivity contribution in [2.75, 3.05) is 12.5 Å². The summed E-state index contributed by atoms with van der Waals surface area (Å²) in [4.78, 5) is 11.6. The van der Waals surface area contributed by atoms with Gasteiger partial charge in [0.05, 0.1) is 17.9 Å². The van der Waals surface area contributed by atoms with E-state index in [-0.39, 0.29) is 18.3 Å². The first-order valence-corrected chi connectivity index (χ1v) is 4.94. The van der Waals surface area contributed by atoms with E-state index in [4.69, 9.17) is 11.6 Å². The number of carbonyl (C=O) groups is 1. The molecule has 0 saturated heterocycles. The van der Waals surface area contributed by atoms with Gasteiger partial charge < -0.3 is 5.11 Å². The van der Waals surface area contributed by atoms with E-state index in [9.17, 15) is 9.90 Å². The van der Waals surface area contributed by atoms with Crippen molar-refractivity contribution < 1.29 is 9.90 Å². The third-order valence-electron chi connectivity index (χ3n) is 2.46. The highest BCUT2D eigenvalue weighted by Crippen LogP contribution is 2.24. The molecule has 0 aliphatic carbocycles. The Kier molecular flexibility index (Phi) is 3.67. The predicted molar refractivity (Wildman–Crippen MR) is 56.6 cm³/mol. The van der Waals surface area contributed by atoms with Crippen molar-refractivity contribution in [3.63, 3.8) is 0 Å². The van der Waals surface area contributed by atoms with E-state index in [1.54, 1.807) is 6.92 Å². The zero-order chi connectivity index (χ0) is 10.6. The summed E-state index contributed by atoms with van der Waals surface area (Å²) in [7, 11) is 0. The second-order valence-electron chi connectivity index (χ2n) is 3.41. The van der Waals surface area contributed by atoms with Crippen LogP contribution < -0.4 is 0 Å². The molecule has 3 heteroatoms. The number of rotatable bonds is 4. The van der Waals surface area contributed by atoms with Gasteiger partial charge in [0, 0.05) is 0 Å². The second kappa shape index (κ2) is 4.58. The van der Waals surface area contributed by atoms with E-state index >= 15 is 0 Å². The maximum atomic E-state index is 11.6. The van der Waals surface area contributed by atoms with Gasteiger partial charge in [0.25, 0.3) is 0 Å². The average Bonchev–Trinajstić information content (AvgIpc) is 2.28. The molecule has 76 valence electrons. The van der Waals surface area contributed by atoms with E-state index in [1.165, 1.54) is 0 Å². The van der Waals surface area contributed by atoms with E-state index < -0.39 is 5.41 Å². The minimum Gasteiger partial charge on any atom is -0.395 e. The molecule has 0 bridgehead atoms. The van der Waals surface area contributed by atoms with Gasteiger partial charge in [-0.3, -0.25) is 4.79 Å². The van der Waals surface area contributed by atoms with Gasteiger partial charge in [0.1, 0.15) is 0 Å². The SMILES string of the molecule is CC(CO)(C(=O)CCl)c1ccccc1. The minimum absolute atomic E-state index is 0.0774. The van der Waals surface area contributed by atoms with Crippen molar-refractivity contribution in [2.24, 2.45) is 0 Å². The Morgan fingerprint density at radius 2 is 2.00 bits per heavy atom. The number of hydrogen-bond acceptors (Lipinski definition) is 2. The molecule has 0 heterocycles. The first-order valence-electron chi connectivity index (χ1n) is 4.41. The molecular weight excluding hydrogens is 200 g/mol. The summed E-state index contributed by atoms with van der Waals surface area (Å²) in [6.07, 6.45) is 0. The molecule has 0 aliphatic rings. The Bertz CT molecular complexity index is 310. The number of benzene rings is 1. The average molecular weight is 213 g/mol. The van der Waals surface area contributed by atoms with Crippen LogP contribution >= 0.6 is 11.6 Å². The van der Waals surface area contributed by atoms with E-state index in [0.29, 0.717) is 0 Å². The fourth-order valence-electron chi connectivity index (χ4n) is 1.29.